The smallest absolute Gasteiger partial charge is 0.254 e. The summed E-state index contributed by atoms with van der Waals surface area (Å²) in [7, 11) is 0. The van der Waals surface area contributed by atoms with Crippen molar-refractivity contribution in [3.63, 3.8) is 0 Å². The van der Waals surface area contributed by atoms with Gasteiger partial charge in [0.1, 0.15) is 5.82 Å². The quantitative estimate of drug-likeness (QED) is 0.861. The third-order valence-corrected chi connectivity index (χ3v) is 5.13. The largest absolute Gasteiger partial charge is 0.357 e. The Bertz CT molecular complexity index is 730. The molecular weight excluding hydrogens is 314 g/mol. The molecule has 0 aliphatic carbocycles. The van der Waals surface area contributed by atoms with Crippen LogP contribution in [0.4, 0.5) is 5.82 Å². The fraction of sp³-hybridized carbons (Fsp3) is 0.474. The number of piperidine rings is 1. The van der Waals surface area contributed by atoms with Crippen LogP contribution in [0, 0.1) is 0 Å². The van der Waals surface area contributed by atoms with Gasteiger partial charge in [-0.2, -0.15) is 0 Å². The Morgan fingerprint density at radius 3 is 2.72 bits per heavy atom. The molecule has 25 heavy (non-hydrogen) atoms. The molecule has 2 aromatic rings. The van der Waals surface area contributed by atoms with Gasteiger partial charge in [-0.1, -0.05) is 0 Å². The first-order valence-corrected chi connectivity index (χ1v) is 9.07. The lowest BCUT2D eigenvalue weighted by molar-refractivity contribution is 0.0705. The number of likely N-dealkylation sites (tertiary alicyclic amines) is 1. The molecule has 1 amide bonds. The lowest BCUT2D eigenvalue weighted by atomic mass is 9.94. The maximum Gasteiger partial charge on any atom is 0.254 e. The van der Waals surface area contributed by atoms with Crippen molar-refractivity contribution in [3.8, 4) is 0 Å². The monoisotopic (exact) mass is 337 g/mol. The van der Waals surface area contributed by atoms with E-state index in [0.717, 1.165) is 49.6 Å². The van der Waals surface area contributed by atoms with Gasteiger partial charge in [0.05, 0.1) is 5.69 Å². The predicted octanol–water partition coefficient (Wildman–Crippen LogP) is 2.49. The number of pyridine rings is 1. The van der Waals surface area contributed by atoms with Crippen molar-refractivity contribution in [1.82, 2.24) is 19.9 Å². The van der Waals surface area contributed by atoms with Gasteiger partial charge in [0, 0.05) is 62.4 Å². The van der Waals surface area contributed by atoms with E-state index in [2.05, 4.69) is 19.9 Å². The molecule has 0 bridgehead atoms. The van der Waals surface area contributed by atoms with Crippen LogP contribution in [0.25, 0.3) is 0 Å². The van der Waals surface area contributed by atoms with Crippen molar-refractivity contribution in [1.29, 1.82) is 0 Å². The van der Waals surface area contributed by atoms with Gasteiger partial charge >= 0.3 is 0 Å². The van der Waals surface area contributed by atoms with Gasteiger partial charge in [0.2, 0.25) is 0 Å². The molecule has 2 fully saturated rings. The molecule has 1 atom stereocenters. The number of carbonyl (C=O) groups excluding carboxylic acids is 1. The van der Waals surface area contributed by atoms with Gasteiger partial charge in [-0.05, 0) is 37.8 Å². The maximum absolute atomic E-state index is 13.0. The molecule has 4 rings (SSSR count). The van der Waals surface area contributed by atoms with E-state index in [1.165, 1.54) is 12.8 Å². The molecule has 0 aromatic carbocycles. The highest BCUT2D eigenvalue weighted by Gasteiger charge is 2.27. The topological polar surface area (TPSA) is 62.2 Å². The average Bonchev–Trinajstić information content (AvgIpc) is 3.23. The fourth-order valence-electron chi connectivity index (χ4n) is 3.78. The van der Waals surface area contributed by atoms with Gasteiger partial charge in [-0.25, -0.2) is 4.98 Å². The second kappa shape index (κ2) is 7.17. The third-order valence-electron chi connectivity index (χ3n) is 5.13. The summed E-state index contributed by atoms with van der Waals surface area (Å²) in [5.41, 5.74) is 1.71. The van der Waals surface area contributed by atoms with Crippen molar-refractivity contribution >= 4 is 11.7 Å². The minimum absolute atomic E-state index is 0.0939. The highest BCUT2D eigenvalue weighted by Crippen LogP contribution is 2.26. The highest BCUT2D eigenvalue weighted by atomic mass is 16.2. The summed E-state index contributed by atoms with van der Waals surface area (Å²) in [5.74, 6) is 1.29. The lowest BCUT2D eigenvalue weighted by Crippen LogP contribution is -2.39. The summed E-state index contributed by atoms with van der Waals surface area (Å²) in [4.78, 5) is 30.2. The first-order valence-electron chi connectivity index (χ1n) is 9.07. The molecule has 2 aromatic heterocycles. The van der Waals surface area contributed by atoms with Gasteiger partial charge in [-0.3, -0.25) is 14.8 Å². The van der Waals surface area contributed by atoms with Crippen molar-refractivity contribution in [2.45, 2.75) is 31.6 Å². The van der Waals surface area contributed by atoms with Crippen molar-refractivity contribution in [2.24, 2.45) is 0 Å². The Balaban J connectivity index is 1.49. The molecule has 0 saturated carbocycles. The number of amides is 1. The van der Waals surface area contributed by atoms with Crippen LogP contribution in [-0.4, -0.2) is 51.9 Å². The fourth-order valence-corrected chi connectivity index (χ4v) is 3.78. The highest BCUT2D eigenvalue weighted by molar-refractivity contribution is 5.95. The van der Waals surface area contributed by atoms with E-state index in [-0.39, 0.29) is 11.8 Å². The first kappa shape index (κ1) is 16.0. The molecule has 130 valence electrons. The van der Waals surface area contributed by atoms with E-state index < -0.39 is 0 Å². The minimum Gasteiger partial charge on any atom is -0.357 e. The second-order valence-corrected chi connectivity index (χ2v) is 6.82. The minimum atomic E-state index is 0.0939. The Labute approximate surface area is 147 Å². The van der Waals surface area contributed by atoms with E-state index in [1.54, 1.807) is 18.6 Å². The zero-order chi connectivity index (χ0) is 17.1. The zero-order valence-electron chi connectivity index (χ0n) is 14.3. The van der Waals surface area contributed by atoms with E-state index >= 15 is 0 Å². The number of rotatable bonds is 3. The molecule has 1 unspecified atom stereocenters. The van der Waals surface area contributed by atoms with Gasteiger partial charge in [-0.15, -0.1) is 0 Å². The van der Waals surface area contributed by atoms with E-state index in [9.17, 15) is 4.79 Å². The summed E-state index contributed by atoms with van der Waals surface area (Å²) in [6, 6.07) is 3.77. The number of aromatic nitrogens is 3. The number of carbonyl (C=O) groups is 1. The summed E-state index contributed by atoms with van der Waals surface area (Å²) in [5, 5.41) is 0. The normalized spacial score (nSPS) is 20.7. The molecule has 6 nitrogen and oxygen atoms in total. The van der Waals surface area contributed by atoms with E-state index in [1.807, 2.05) is 23.2 Å². The third kappa shape index (κ3) is 3.48. The van der Waals surface area contributed by atoms with Gasteiger partial charge < -0.3 is 9.80 Å². The molecule has 2 saturated heterocycles. The molecule has 0 N–H and O–H groups in total. The first-order chi connectivity index (χ1) is 12.3. The van der Waals surface area contributed by atoms with Crippen LogP contribution < -0.4 is 4.90 Å². The Morgan fingerprint density at radius 2 is 1.92 bits per heavy atom. The van der Waals surface area contributed by atoms with Crippen molar-refractivity contribution in [2.75, 3.05) is 31.1 Å². The SMILES string of the molecule is O=C(c1ccnc(N2CCCC2)c1)N1CCCC(c2cnccn2)C1. The standard InChI is InChI=1S/C19H23N5O/c25-19(15-5-6-22-18(12-15)23-9-1-2-10-23)24-11-3-4-16(14-24)17-13-20-7-8-21-17/h5-8,12-13,16H,1-4,9-11,14H2. The molecule has 0 spiro atoms. The lowest BCUT2D eigenvalue weighted by Gasteiger charge is -2.32. The average molecular weight is 337 g/mol. The van der Waals surface area contributed by atoms with E-state index in [4.69, 9.17) is 0 Å². The number of nitrogens with zero attached hydrogens (tertiary/aromatic N) is 5. The zero-order valence-corrected chi connectivity index (χ0v) is 14.3. The Hall–Kier alpha value is -2.50. The van der Waals surface area contributed by atoms with Gasteiger partial charge in [0.25, 0.3) is 5.91 Å². The van der Waals surface area contributed by atoms with Gasteiger partial charge in [0.15, 0.2) is 0 Å². The van der Waals surface area contributed by atoms with Crippen LogP contribution in [0.15, 0.2) is 36.9 Å². The molecule has 0 radical (unpaired) electrons. The summed E-state index contributed by atoms with van der Waals surface area (Å²) < 4.78 is 0. The van der Waals surface area contributed by atoms with Crippen LogP contribution in [0.5, 0.6) is 0 Å². The molecule has 6 heteroatoms. The number of anilines is 1. The van der Waals surface area contributed by atoms with Crippen LogP contribution in [0.1, 0.15) is 47.7 Å². The number of hydrogen-bond donors (Lipinski definition) is 0. The maximum atomic E-state index is 13.0. The summed E-state index contributed by atoms with van der Waals surface area (Å²) >= 11 is 0. The summed E-state index contributed by atoms with van der Waals surface area (Å²) in [6.07, 6.45) is 11.4. The van der Waals surface area contributed by atoms with Crippen LogP contribution >= 0.6 is 0 Å². The molecule has 4 heterocycles. The Kier molecular flexibility index (Phi) is 4.59. The van der Waals surface area contributed by atoms with Crippen LogP contribution in [0.2, 0.25) is 0 Å². The summed E-state index contributed by atoms with van der Waals surface area (Å²) in [6.45, 7) is 3.57. The predicted molar refractivity (Wildman–Crippen MR) is 95.6 cm³/mol. The second-order valence-electron chi connectivity index (χ2n) is 6.82. The Morgan fingerprint density at radius 1 is 1.04 bits per heavy atom. The van der Waals surface area contributed by atoms with Crippen molar-refractivity contribution < 1.29 is 4.79 Å². The van der Waals surface area contributed by atoms with Crippen LogP contribution in [0.3, 0.4) is 0 Å². The molecule has 2 aliphatic rings. The molecular formula is C19H23N5O. The van der Waals surface area contributed by atoms with Crippen molar-refractivity contribution in [3.05, 3.63) is 48.2 Å². The number of hydrogen-bond acceptors (Lipinski definition) is 5. The molecule has 2 aliphatic heterocycles. The van der Waals surface area contributed by atoms with Crippen LogP contribution in [-0.2, 0) is 0 Å². The van der Waals surface area contributed by atoms with E-state index in [0.29, 0.717) is 6.54 Å².